The van der Waals surface area contributed by atoms with Gasteiger partial charge in [-0.2, -0.15) is 0 Å². The van der Waals surface area contributed by atoms with Crippen LogP contribution in [-0.4, -0.2) is 30.5 Å². The number of carbonyl (C=O) groups is 1. The molecule has 0 saturated carbocycles. The van der Waals surface area contributed by atoms with E-state index in [1.807, 2.05) is 6.92 Å². The number of aromatic nitrogens is 2. The summed E-state index contributed by atoms with van der Waals surface area (Å²) in [5.74, 6) is -0.636. The van der Waals surface area contributed by atoms with Gasteiger partial charge in [-0.1, -0.05) is 29.3 Å². The molecule has 2 heterocycles. The van der Waals surface area contributed by atoms with Crippen LogP contribution in [0.15, 0.2) is 47.6 Å². The molecule has 1 aromatic carbocycles. The van der Waals surface area contributed by atoms with E-state index in [2.05, 4.69) is 9.72 Å². The molecular weight excluding hydrogens is 352 g/mol. The van der Waals surface area contributed by atoms with Crippen LogP contribution in [-0.2, 0) is 14.8 Å². The molecule has 0 fully saturated rings. The topological polar surface area (TPSA) is 78.3 Å². The van der Waals surface area contributed by atoms with Crippen LogP contribution in [0, 0.1) is 6.92 Å². The molecule has 0 aliphatic heterocycles. The van der Waals surface area contributed by atoms with Gasteiger partial charge in [0.2, 0.25) is 0 Å². The first kappa shape index (κ1) is 16.5. The van der Waals surface area contributed by atoms with Crippen LogP contribution in [0.1, 0.15) is 15.9 Å². The Morgan fingerprint density at radius 3 is 2.50 bits per heavy atom. The summed E-state index contributed by atoms with van der Waals surface area (Å²) >= 11 is 6.20. The van der Waals surface area contributed by atoms with Crippen molar-refractivity contribution in [3.05, 3.63) is 58.9 Å². The number of benzene rings is 1. The lowest BCUT2D eigenvalue weighted by molar-refractivity contribution is 0.0600. The van der Waals surface area contributed by atoms with Gasteiger partial charge in [0, 0.05) is 17.8 Å². The van der Waals surface area contributed by atoms with Crippen molar-refractivity contribution in [1.29, 1.82) is 0 Å². The number of aryl methyl sites for hydroxylation is 1. The van der Waals surface area contributed by atoms with Crippen LogP contribution in [0.4, 0.5) is 0 Å². The van der Waals surface area contributed by atoms with Gasteiger partial charge in [-0.25, -0.2) is 22.2 Å². The molecular formula is C16H13ClN2O4S. The van der Waals surface area contributed by atoms with Gasteiger partial charge < -0.3 is 4.74 Å². The Labute approximate surface area is 143 Å². The fourth-order valence-electron chi connectivity index (χ4n) is 2.30. The maximum atomic E-state index is 12.8. The molecule has 0 spiro atoms. The summed E-state index contributed by atoms with van der Waals surface area (Å²) in [6.07, 6.45) is 2.57. The third-order valence-electron chi connectivity index (χ3n) is 3.60. The van der Waals surface area contributed by atoms with E-state index in [9.17, 15) is 13.2 Å². The van der Waals surface area contributed by atoms with Crippen LogP contribution in [0.25, 0.3) is 11.0 Å². The number of methoxy groups -OCH3 is 1. The predicted octanol–water partition coefficient (Wildman–Crippen LogP) is 3.02. The third kappa shape index (κ3) is 2.55. The van der Waals surface area contributed by atoms with Crippen molar-refractivity contribution in [2.24, 2.45) is 0 Å². The molecule has 2 aromatic heterocycles. The van der Waals surface area contributed by atoms with Crippen molar-refractivity contribution < 1.29 is 17.9 Å². The van der Waals surface area contributed by atoms with Crippen LogP contribution < -0.4 is 0 Å². The van der Waals surface area contributed by atoms with Gasteiger partial charge in [0.15, 0.2) is 5.65 Å². The monoisotopic (exact) mass is 364 g/mol. The Morgan fingerprint density at radius 1 is 1.21 bits per heavy atom. The second-order valence-corrected chi connectivity index (χ2v) is 7.34. The van der Waals surface area contributed by atoms with E-state index in [-0.39, 0.29) is 21.1 Å². The molecule has 0 aliphatic carbocycles. The Balaban J connectivity index is 2.19. The summed E-state index contributed by atoms with van der Waals surface area (Å²) in [6.45, 7) is 1.87. The molecule has 3 aromatic rings. The van der Waals surface area contributed by atoms with E-state index in [1.165, 1.54) is 37.7 Å². The molecule has 0 aliphatic rings. The minimum absolute atomic E-state index is 0.0807. The lowest BCUT2D eigenvalue weighted by Crippen LogP contribution is -2.13. The normalized spacial score (nSPS) is 11.6. The number of nitrogens with zero attached hydrogens (tertiary/aromatic N) is 2. The van der Waals surface area contributed by atoms with Gasteiger partial charge in [0.1, 0.15) is 0 Å². The summed E-state index contributed by atoms with van der Waals surface area (Å²) in [4.78, 5) is 15.9. The molecule has 24 heavy (non-hydrogen) atoms. The Hall–Kier alpha value is -2.38. The van der Waals surface area contributed by atoms with Gasteiger partial charge in [-0.3, -0.25) is 0 Å². The van der Waals surface area contributed by atoms with Gasteiger partial charge in [0.05, 0.1) is 22.6 Å². The molecule has 8 heteroatoms. The minimum atomic E-state index is -3.82. The highest BCUT2D eigenvalue weighted by Crippen LogP contribution is 2.29. The number of rotatable bonds is 3. The number of hydrogen-bond donors (Lipinski definition) is 0. The minimum Gasteiger partial charge on any atom is -0.465 e. The Kier molecular flexibility index (Phi) is 4.06. The zero-order valence-electron chi connectivity index (χ0n) is 12.9. The lowest BCUT2D eigenvalue weighted by Gasteiger charge is -2.08. The number of pyridine rings is 1. The highest BCUT2D eigenvalue weighted by molar-refractivity contribution is 7.90. The van der Waals surface area contributed by atoms with Crippen LogP contribution >= 0.6 is 11.6 Å². The fraction of sp³-hybridized carbons (Fsp3) is 0.125. The maximum Gasteiger partial charge on any atom is 0.340 e. The number of fused-ring (bicyclic) bond motifs is 1. The van der Waals surface area contributed by atoms with Gasteiger partial charge in [-0.15, -0.1) is 0 Å². The predicted molar refractivity (Wildman–Crippen MR) is 89.8 cm³/mol. The summed E-state index contributed by atoms with van der Waals surface area (Å²) in [7, 11) is -2.58. The molecule has 0 saturated heterocycles. The first-order chi connectivity index (χ1) is 11.4. The van der Waals surface area contributed by atoms with Crippen LogP contribution in [0.2, 0.25) is 5.02 Å². The highest BCUT2D eigenvalue weighted by Gasteiger charge is 2.22. The second kappa shape index (κ2) is 5.92. The summed E-state index contributed by atoms with van der Waals surface area (Å²) in [6, 6.07) is 7.99. The molecule has 0 N–H and O–H groups in total. The van der Waals surface area contributed by atoms with Crippen molar-refractivity contribution in [1.82, 2.24) is 8.96 Å². The van der Waals surface area contributed by atoms with Crippen molar-refractivity contribution in [2.45, 2.75) is 11.8 Å². The standard InChI is InChI=1S/C16H13ClN2O4S/c1-10-3-5-11(6-4-10)24(21,22)19-8-7-12-14(17)13(16(20)23-2)9-18-15(12)19/h3-9H,1-2H3. The van der Waals surface area contributed by atoms with E-state index in [4.69, 9.17) is 11.6 Å². The first-order valence-corrected chi connectivity index (χ1v) is 8.74. The summed E-state index contributed by atoms with van der Waals surface area (Å²) < 4.78 is 31.3. The van der Waals surface area contributed by atoms with E-state index >= 15 is 0 Å². The van der Waals surface area contributed by atoms with Crippen LogP contribution in [0.3, 0.4) is 0 Å². The third-order valence-corrected chi connectivity index (χ3v) is 5.69. The largest absolute Gasteiger partial charge is 0.465 e. The molecule has 6 nitrogen and oxygen atoms in total. The molecule has 0 amide bonds. The van der Waals surface area contributed by atoms with Gasteiger partial charge >= 0.3 is 5.97 Å². The molecule has 0 bridgehead atoms. The van der Waals surface area contributed by atoms with E-state index in [0.717, 1.165) is 9.54 Å². The number of esters is 1. The highest BCUT2D eigenvalue weighted by atomic mass is 35.5. The molecule has 0 atom stereocenters. The average molecular weight is 365 g/mol. The lowest BCUT2D eigenvalue weighted by atomic mass is 10.2. The molecule has 3 rings (SSSR count). The van der Waals surface area contributed by atoms with Gasteiger partial charge in [0.25, 0.3) is 10.0 Å². The maximum absolute atomic E-state index is 12.8. The zero-order chi connectivity index (χ0) is 17.5. The van der Waals surface area contributed by atoms with Gasteiger partial charge in [-0.05, 0) is 25.1 Å². The molecule has 124 valence electrons. The van der Waals surface area contributed by atoms with Crippen LogP contribution in [0.5, 0.6) is 0 Å². The number of carbonyl (C=O) groups excluding carboxylic acids is 1. The van der Waals surface area contributed by atoms with E-state index in [0.29, 0.717) is 5.39 Å². The fourth-order valence-corrected chi connectivity index (χ4v) is 3.88. The average Bonchev–Trinajstić information content (AvgIpc) is 3.00. The number of ether oxygens (including phenoxy) is 1. The second-order valence-electron chi connectivity index (χ2n) is 5.14. The van der Waals surface area contributed by atoms with Crippen molar-refractivity contribution in [3.63, 3.8) is 0 Å². The van der Waals surface area contributed by atoms with Crippen molar-refractivity contribution >= 4 is 38.6 Å². The van der Waals surface area contributed by atoms with Crippen molar-refractivity contribution in [2.75, 3.05) is 7.11 Å². The number of halogens is 1. The number of hydrogen-bond acceptors (Lipinski definition) is 5. The summed E-state index contributed by atoms with van der Waals surface area (Å²) in [5.41, 5.74) is 1.18. The summed E-state index contributed by atoms with van der Waals surface area (Å²) in [5, 5.41) is 0.458. The van der Waals surface area contributed by atoms with E-state index < -0.39 is 16.0 Å². The quantitative estimate of drug-likeness (QED) is 0.667. The first-order valence-electron chi connectivity index (χ1n) is 6.92. The Bertz CT molecular complexity index is 1040. The Morgan fingerprint density at radius 2 is 1.88 bits per heavy atom. The van der Waals surface area contributed by atoms with E-state index in [1.54, 1.807) is 12.1 Å². The molecule has 0 radical (unpaired) electrons. The smallest absolute Gasteiger partial charge is 0.340 e. The SMILES string of the molecule is COC(=O)c1cnc2c(ccn2S(=O)(=O)c2ccc(C)cc2)c1Cl. The molecule has 0 unspecified atom stereocenters. The zero-order valence-corrected chi connectivity index (χ0v) is 14.4. The van der Waals surface area contributed by atoms with Crippen molar-refractivity contribution in [3.8, 4) is 0 Å².